The Hall–Kier alpha value is -0.490. The lowest BCUT2D eigenvalue weighted by molar-refractivity contribution is -0.00272. The van der Waals surface area contributed by atoms with Crippen LogP contribution in [0.15, 0.2) is 5.38 Å². The molecular formula is C13H23N3OS. The zero-order valence-corrected chi connectivity index (χ0v) is 12.1. The molecule has 0 bridgehead atoms. The minimum atomic E-state index is 0.416. The van der Waals surface area contributed by atoms with E-state index in [-0.39, 0.29) is 0 Å². The molecule has 1 aliphatic heterocycles. The van der Waals surface area contributed by atoms with Crippen LogP contribution in [-0.4, -0.2) is 43.2 Å². The maximum atomic E-state index is 5.76. The van der Waals surface area contributed by atoms with Crippen LogP contribution in [0.4, 0.5) is 0 Å². The van der Waals surface area contributed by atoms with Gasteiger partial charge in [0.25, 0.3) is 0 Å². The van der Waals surface area contributed by atoms with Gasteiger partial charge in [0.05, 0.1) is 11.8 Å². The van der Waals surface area contributed by atoms with Crippen molar-refractivity contribution in [3.05, 3.63) is 16.1 Å². The Morgan fingerprint density at radius 3 is 3.17 bits per heavy atom. The van der Waals surface area contributed by atoms with Gasteiger partial charge in [-0.2, -0.15) is 0 Å². The Kier molecular flexibility index (Phi) is 5.56. The normalized spacial score (nSPS) is 20.5. The summed E-state index contributed by atoms with van der Waals surface area (Å²) in [7, 11) is 4.10. The summed E-state index contributed by atoms with van der Waals surface area (Å²) >= 11 is 1.73. The van der Waals surface area contributed by atoms with Gasteiger partial charge >= 0.3 is 0 Å². The predicted octanol–water partition coefficient (Wildman–Crippen LogP) is 1.86. The Balaban J connectivity index is 1.76. The maximum absolute atomic E-state index is 5.76. The highest BCUT2D eigenvalue weighted by Gasteiger charge is 2.16. The molecule has 1 aromatic heterocycles. The summed E-state index contributed by atoms with van der Waals surface area (Å²) in [6.45, 7) is 3.72. The highest BCUT2D eigenvalue weighted by Crippen LogP contribution is 2.15. The van der Waals surface area contributed by atoms with Crippen molar-refractivity contribution in [3.8, 4) is 0 Å². The molecule has 102 valence electrons. The van der Waals surface area contributed by atoms with E-state index in [1.807, 2.05) is 7.05 Å². The fourth-order valence-electron chi connectivity index (χ4n) is 2.29. The van der Waals surface area contributed by atoms with Crippen molar-refractivity contribution in [2.75, 3.05) is 27.2 Å². The van der Waals surface area contributed by atoms with Gasteiger partial charge in [-0.3, -0.25) is 4.90 Å². The van der Waals surface area contributed by atoms with E-state index in [0.29, 0.717) is 6.10 Å². The van der Waals surface area contributed by atoms with Crippen molar-refractivity contribution in [2.45, 2.75) is 38.5 Å². The fraction of sp³-hybridized carbons (Fsp3) is 0.769. The van der Waals surface area contributed by atoms with Crippen LogP contribution >= 0.6 is 11.3 Å². The van der Waals surface area contributed by atoms with E-state index in [1.54, 1.807) is 11.3 Å². The molecule has 1 saturated heterocycles. The van der Waals surface area contributed by atoms with E-state index < -0.39 is 0 Å². The van der Waals surface area contributed by atoms with E-state index in [9.17, 15) is 0 Å². The smallest absolute Gasteiger partial charge is 0.107 e. The Morgan fingerprint density at radius 1 is 1.56 bits per heavy atom. The van der Waals surface area contributed by atoms with Crippen LogP contribution in [-0.2, 0) is 17.8 Å². The van der Waals surface area contributed by atoms with Crippen LogP contribution in [0.5, 0.6) is 0 Å². The van der Waals surface area contributed by atoms with E-state index in [1.165, 1.54) is 25.0 Å². The Bertz CT molecular complexity index is 350. The largest absolute Gasteiger partial charge is 0.377 e. The molecule has 2 rings (SSSR count). The van der Waals surface area contributed by atoms with Gasteiger partial charge in [0.15, 0.2) is 0 Å². The first-order valence-electron chi connectivity index (χ1n) is 6.66. The number of aromatic nitrogens is 1. The Morgan fingerprint density at radius 2 is 2.44 bits per heavy atom. The SMILES string of the molecule is CNCc1nc(CN(C)CC2CCCCO2)cs1. The highest BCUT2D eigenvalue weighted by molar-refractivity contribution is 7.09. The average molecular weight is 269 g/mol. The first kappa shape index (κ1) is 13.9. The summed E-state index contributed by atoms with van der Waals surface area (Å²) in [6, 6.07) is 0. The molecule has 0 saturated carbocycles. The minimum Gasteiger partial charge on any atom is -0.377 e. The molecule has 18 heavy (non-hydrogen) atoms. The average Bonchev–Trinajstić information content (AvgIpc) is 2.78. The Labute approximate surface area is 113 Å². The number of ether oxygens (including phenoxy) is 1. The van der Waals surface area contributed by atoms with Gasteiger partial charge in [-0.05, 0) is 33.4 Å². The van der Waals surface area contributed by atoms with Crippen molar-refractivity contribution < 1.29 is 4.74 Å². The summed E-state index contributed by atoms with van der Waals surface area (Å²) in [6.07, 6.45) is 4.15. The number of thiazole rings is 1. The fourth-order valence-corrected chi connectivity index (χ4v) is 3.09. The van der Waals surface area contributed by atoms with E-state index in [2.05, 4.69) is 27.6 Å². The summed E-state index contributed by atoms with van der Waals surface area (Å²) in [5.74, 6) is 0. The predicted molar refractivity (Wildman–Crippen MR) is 74.8 cm³/mol. The van der Waals surface area contributed by atoms with Crippen molar-refractivity contribution >= 4 is 11.3 Å². The number of hydrogen-bond donors (Lipinski definition) is 1. The number of nitrogens with zero attached hydrogens (tertiary/aromatic N) is 2. The first-order valence-corrected chi connectivity index (χ1v) is 7.54. The van der Waals surface area contributed by atoms with E-state index in [4.69, 9.17) is 4.74 Å². The van der Waals surface area contributed by atoms with Gasteiger partial charge in [0.2, 0.25) is 0 Å². The second-order valence-corrected chi connectivity index (χ2v) is 5.89. The first-order chi connectivity index (χ1) is 8.78. The molecule has 0 aliphatic carbocycles. The topological polar surface area (TPSA) is 37.4 Å². The summed E-state index contributed by atoms with van der Waals surface area (Å²) in [5, 5.41) is 6.45. The van der Waals surface area contributed by atoms with E-state index in [0.717, 1.165) is 31.2 Å². The number of hydrogen-bond acceptors (Lipinski definition) is 5. The molecule has 4 nitrogen and oxygen atoms in total. The molecule has 1 fully saturated rings. The van der Waals surface area contributed by atoms with Gasteiger partial charge in [-0.1, -0.05) is 0 Å². The summed E-state index contributed by atoms with van der Waals surface area (Å²) in [4.78, 5) is 6.92. The minimum absolute atomic E-state index is 0.416. The standard InChI is InChI=1S/C13H23N3OS/c1-14-7-13-15-11(10-18-13)8-16(2)9-12-5-3-4-6-17-12/h10,12,14H,3-9H2,1-2H3. The zero-order valence-electron chi connectivity index (χ0n) is 11.3. The van der Waals surface area contributed by atoms with Crippen molar-refractivity contribution in [2.24, 2.45) is 0 Å². The number of nitrogens with one attached hydrogen (secondary N) is 1. The van der Waals surface area contributed by atoms with Crippen LogP contribution in [0.1, 0.15) is 30.0 Å². The molecule has 1 aliphatic rings. The van der Waals surface area contributed by atoms with Crippen molar-refractivity contribution in [1.29, 1.82) is 0 Å². The van der Waals surface area contributed by atoms with Crippen molar-refractivity contribution in [3.63, 3.8) is 0 Å². The van der Waals surface area contributed by atoms with Gasteiger partial charge < -0.3 is 10.1 Å². The van der Waals surface area contributed by atoms with Gasteiger partial charge in [-0.15, -0.1) is 11.3 Å². The maximum Gasteiger partial charge on any atom is 0.107 e. The van der Waals surface area contributed by atoms with Crippen LogP contribution < -0.4 is 5.32 Å². The lowest BCUT2D eigenvalue weighted by Crippen LogP contribution is -2.33. The molecule has 1 aromatic rings. The third-order valence-electron chi connectivity index (χ3n) is 3.15. The second kappa shape index (κ2) is 7.19. The molecule has 1 atom stereocenters. The molecule has 2 heterocycles. The summed E-state index contributed by atoms with van der Waals surface area (Å²) in [5.41, 5.74) is 1.17. The van der Waals surface area contributed by atoms with Gasteiger partial charge in [0.1, 0.15) is 5.01 Å². The van der Waals surface area contributed by atoms with Crippen LogP contribution in [0.25, 0.3) is 0 Å². The van der Waals surface area contributed by atoms with E-state index >= 15 is 0 Å². The van der Waals surface area contributed by atoms with Crippen LogP contribution in [0.3, 0.4) is 0 Å². The quantitative estimate of drug-likeness (QED) is 0.855. The molecule has 1 N–H and O–H groups in total. The van der Waals surface area contributed by atoms with Gasteiger partial charge in [-0.25, -0.2) is 4.98 Å². The lowest BCUT2D eigenvalue weighted by Gasteiger charge is -2.26. The molecule has 5 heteroatoms. The third kappa shape index (κ3) is 4.31. The highest BCUT2D eigenvalue weighted by atomic mass is 32.1. The van der Waals surface area contributed by atoms with Gasteiger partial charge in [0, 0.05) is 31.6 Å². The zero-order chi connectivity index (χ0) is 12.8. The molecule has 0 radical (unpaired) electrons. The molecule has 0 amide bonds. The molecule has 0 aromatic carbocycles. The third-order valence-corrected chi connectivity index (χ3v) is 4.05. The molecular weight excluding hydrogens is 246 g/mol. The van der Waals surface area contributed by atoms with Crippen LogP contribution in [0.2, 0.25) is 0 Å². The summed E-state index contributed by atoms with van der Waals surface area (Å²) < 4.78 is 5.76. The monoisotopic (exact) mass is 269 g/mol. The lowest BCUT2D eigenvalue weighted by atomic mass is 10.1. The molecule has 1 unspecified atom stereocenters. The second-order valence-electron chi connectivity index (χ2n) is 4.95. The van der Waals surface area contributed by atoms with Crippen LogP contribution in [0, 0.1) is 0 Å². The number of rotatable bonds is 6. The molecule has 0 spiro atoms. The van der Waals surface area contributed by atoms with Crippen molar-refractivity contribution in [1.82, 2.24) is 15.2 Å². The number of likely N-dealkylation sites (N-methyl/N-ethyl adjacent to an activating group) is 1.